The minimum absolute atomic E-state index is 0.0351. The van der Waals surface area contributed by atoms with E-state index in [0.29, 0.717) is 12.1 Å². The van der Waals surface area contributed by atoms with E-state index < -0.39 is 57.3 Å². The number of aliphatic carboxylic acids is 1. The van der Waals surface area contributed by atoms with Crippen LogP contribution in [0.15, 0.2) is 17.0 Å². The number of carbonyl (C=O) groups is 2. The largest absolute Gasteiger partial charge is 0.480 e. The van der Waals surface area contributed by atoms with Gasteiger partial charge in [0.2, 0.25) is 15.9 Å². The maximum absolute atomic E-state index is 13.5. The van der Waals surface area contributed by atoms with Gasteiger partial charge in [0.15, 0.2) is 17.5 Å². The van der Waals surface area contributed by atoms with Crippen LogP contribution in [0, 0.1) is 17.5 Å². The van der Waals surface area contributed by atoms with Crippen LogP contribution in [0.5, 0.6) is 0 Å². The highest BCUT2D eigenvalue weighted by atomic mass is 32.2. The van der Waals surface area contributed by atoms with Crippen LogP contribution in [0.3, 0.4) is 0 Å². The van der Waals surface area contributed by atoms with E-state index >= 15 is 0 Å². The average molecular weight is 326 g/mol. The molecule has 0 spiro atoms. The Balaban J connectivity index is 3.38. The van der Waals surface area contributed by atoms with Gasteiger partial charge in [-0.2, -0.15) is 4.31 Å². The fourth-order valence-corrected chi connectivity index (χ4v) is 2.81. The number of nitrogens with zero attached hydrogens (tertiary/aromatic N) is 1. The summed E-state index contributed by atoms with van der Waals surface area (Å²) >= 11 is 0. The third-order valence-electron chi connectivity index (χ3n) is 2.26. The molecule has 21 heavy (non-hydrogen) atoms. The Labute approximate surface area is 116 Å². The van der Waals surface area contributed by atoms with Gasteiger partial charge in [-0.3, -0.25) is 9.59 Å². The highest BCUT2D eigenvalue weighted by molar-refractivity contribution is 7.89. The lowest BCUT2D eigenvalue weighted by Crippen LogP contribution is -2.41. The number of hydrogen-bond acceptors (Lipinski definition) is 4. The topological polar surface area (TPSA) is 118 Å². The van der Waals surface area contributed by atoms with E-state index in [9.17, 15) is 31.2 Å². The van der Waals surface area contributed by atoms with Crippen LogP contribution in [0.2, 0.25) is 0 Å². The third-order valence-corrected chi connectivity index (χ3v) is 4.07. The maximum Gasteiger partial charge on any atom is 0.318 e. The predicted molar refractivity (Wildman–Crippen MR) is 61.9 cm³/mol. The molecule has 0 fully saturated rings. The van der Waals surface area contributed by atoms with Gasteiger partial charge in [0.25, 0.3) is 0 Å². The Morgan fingerprint density at radius 2 is 1.71 bits per heavy atom. The normalized spacial score (nSPS) is 11.6. The van der Waals surface area contributed by atoms with E-state index in [1.54, 1.807) is 0 Å². The second-order valence-electron chi connectivity index (χ2n) is 3.81. The molecule has 1 amide bonds. The molecule has 1 aromatic rings. The first-order chi connectivity index (χ1) is 9.57. The summed E-state index contributed by atoms with van der Waals surface area (Å²) in [5.74, 6) is -8.53. The third kappa shape index (κ3) is 3.70. The zero-order valence-corrected chi connectivity index (χ0v) is 11.0. The Morgan fingerprint density at radius 1 is 1.14 bits per heavy atom. The van der Waals surface area contributed by atoms with Crippen molar-refractivity contribution in [1.29, 1.82) is 0 Å². The number of sulfonamides is 1. The second-order valence-corrected chi connectivity index (χ2v) is 5.71. The van der Waals surface area contributed by atoms with Crippen molar-refractivity contribution >= 4 is 21.9 Å². The number of carbonyl (C=O) groups excluding carboxylic acids is 1. The van der Waals surface area contributed by atoms with Crippen molar-refractivity contribution in [3.05, 3.63) is 29.6 Å². The molecule has 1 aromatic carbocycles. The van der Waals surface area contributed by atoms with Crippen LogP contribution in [0.25, 0.3) is 0 Å². The first kappa shape index (κ1) is 16.9. The fourth-order valence-electron chi connectivity index (χ4n) is 1.40. The smallest absolute Gasteiger partial charge is 0.318 e. The molecule has 0 radical (unpaired) electrons. The SMILES string of the molecule is NC(=O)CN(CC(=O)O)S(=O)(=O)c1ccc(F)c(F)c1F. The number of carboxylic acid groups (broad SMARTS) is 1. The highest BCUT2D eigenvalue weighted by Gasteiger charge is 2.32. The fraction of sp³-hybridized carbons (Fsp3) is 0.200. The lowest BCUT2D eigenvalue weighted by atomic mass is 10.3. The highest BCUT2D eigenvalue weighted by Crippen LogP contribution is 2.22. The first-order valence-electron chi connectivity index (χ1n) is 5.21. The van der Waals surface area contributed by atoms with E-state index in [1.165, 1.54) is 0 Å². The summed E-state index contributed by atoms with van der Waals surface area (Å²) in [5, 5.41) is 8.59. The summed E-state index contributed by atoms with van der Waals surface area (Å²) in [4.78, 5) is 20.1. The van der Waals surface area contributed by atoms with Crippen LogP contribution in [0.1, 0.15) is 0 Å². The Kier molecular flexibility index (Phi) is 4.91. The molecule has 0 aromatic heterocycles. The maximum atomic E-state index is 13.5. The van der Waals surface area contributed by atoms with E-state index in [0.717, 1.165) is 0 Å². The molecule has 7 nitrogen and oxygen atoms in total. The molecular formula is C10H9F3N2O5S. The van der Waals surface area contributed by atoms with Crippen molar-refractivity contribution in [2.24, 2.45) is 5.73 Å². The Hall–Kier alpha value is -2.14. The van der Waals surface area contributed by atoms with Crippen molar-refractivity contribution in [3.8, 4) is 0 Å². The summed E-state index contributed by atoms with van der Waals surface area (Å²) in [6.07, 6.45) is 0. The summed E-state index contributed by atoms with van der Waals surface area (Å²) in [7, 11) is -4.89. The average Bonchev–Trinajstić information content (AvgIpc) is 2.33. The first-order valence-corrected chi connectivity index (χ1v) is 6.65. The minimum atomic E-state index is -4.89. The van der Waals surface area contributed by atoms with Gasteiger partial charge in [-0.1, -0.05) is 0 Å². The standard InChI is InChI=1S/C10H9F3N2O5S/c11-5-1-2-6(10(13)9(5)12)21(19,20)15(3-7(14)16)4-8(17)18/h1-2H,3-4H2,(H2,14,16)(H,17,18). The number of carboxylic acids is 1. The summed E-state index contributed by atoms with van der Waals surface area (Å²) in [6.45, 7) is -2.27. The number of primary amides is 1. The molecule has 0 aliphatic heterocycles. The van der Waals surface area contributed by atoms with Crippen molar-refractivity contribution in [2.45, 2.75) is 4.90 Å². The molecule has 0 heterocycles. The second kappa shape index (κ2) is 6.10. The predicted octanol–water partition coefficient (Wildman–Crippen LogP) is -0.336. The van der Waals surface area contributed by atoms with Gasteiger partial charge in [0.1, 0.15) is 11.4 Å². The molecular weight excluding hydrogens is 317 g/mol. The Bertz CT molecular complexity index is 676. The molecule has 1 rings (SSSR count). The number of amides is 1. The lowest BCUT2D eigenvalue weighted by Gasteiger charge is -2.19. The molecule has 0 bridgehead atoms. The van der Waals surface area contributed by atoms with Gasteiger partial charge in [-0.25, -0.2) is 21.6 Å². The van der Waals surface area contributed by atoms with Crippen molar-refractivity contribution in [2.75, 3.05) is 13.1 Å². The molecule has 11 heteroatoms. The van der Waals surface area contributed by atoms with Crippen molar-refractivity contribution in [1.82, 2.24) is 4.31 Å². The van der Waals surface area contributed by atoms with Crippen LogP contribution in [-0.2, 0) is 19.6 Å². The molecule has 0 saturated carbocycles. The van der Waals surface area contributed by atoms with Crippen LogP contribution in [0.4, 0.5) is 13.2 Å². The van der Waals surface area contributed by atoms with E-state index in [4.69, 9.17) is 10.8 Å². The van der Waals surface area contributed by atoms with Crippen molar-refractivity contribution in [3.63, 3.8) is 0 Å². The van der Waals surface area contributed by atoms with Crippen LogP contribution < -0.4 is 5.73 Å². The van der Waals surface area contributed by atoms with Gasteiger partial charge in [0.05, 0.1) is 6.54 Å². The summed E-state index contributed by atoms with van der Waals surface area (Å²) in [6, 6.07) is 0.771. The zero-order valence-electron chi connectivity index (χ0n) is 10.2. The quantitative estimate of drug-likeness (QED) is 0.694. The summed E-state index contributed by atoms with van der Waals surface area (Å²) < 4.78 is 63.4. The lowest BCUT2D eigenvalue weighted by molar-refractivity contribution is -0.137. The summed E-state index contributed by atoms with van der Waals surface area (Å²) in [5.41, 5.74) is 4.77. The van der Waals surface area contributed by atoms with Gasteiger partial charge in [0, 0.05) is 0 Å². The number of hydrogen-bond donors (Lipinski definition) is 2. The molecule has 0 atom stereocenters. The molecule has 0 unspecified atom stereocenters. The number of halogens is 3. The number of nitrogens with two attached hydrogens (primary N) is 1. The molecule has 116 valence electrons. The monoisotopic (exact) mass is 326 g/mol. The van der Waals surface area contributed by atoms with Gasteiger partial charge in [-0.05, 0) is 12.1 Å². The zero-order chi connectivity index (χ0) is 16.4. The number of benzene rings is 1. The van der Waals surface area contributed by atoms with E-state index in [2.05, 4.69) is 0 Å². The van der Waals surface area contributed by atoms with Gasteiger partial charge >= 0.3 is 5.97 Å². The van der Waals surface area contributed by atoms with Gasteiger partial charge in [-0.15, -0.1) is 0 Å². The minimum Gasteiger partial charge on any atom is -0.480 e. The van der Waals surface area contributed by atoms with Gasteiger partial charge < -0.3 is 10.8 Å². The number of rotatable bonds is 6. The van der Waals surface area contributed by atoms with Crippen LogP contribution in [-0.4, -0.2) is 42.8 Å². The Morgan fingerprint density at radius 3 is 2.19 bits per heavy atom. The molecule has 0 saturated heterocycles. The van der Waals surface area contributed by atoms with Crippen molar-refractivity contribution < 1.29 is 36.3 Å². The van der Waals surface area contributed by atoms with E-state index in [-0.39, 0.29) is 4.31 Å². The molecule has 3 N–H and O–H groups in total. The molecule has 0 aliphatic rings. The van der Waals surface area contributed by atoms with Crippen LogP contribution >= 0.6 is 0 Å². The molecule has 0 aliphatic carbocycles. The van der Waals surface area contributed by atoms with E-state index in [1.807, 2.05) is 0 Å².